The van der Waals surface area contributed by atoms with Gasteiger partial charge in [0.2, 0.25) is 0 Å². The van der Waals surface area contributed by atoms with Gasteiger partial charge in [0, 0.05) is 23.2 Å². The van der Waals surface area contributed by atoms with Crippen molar-refractivity contribution in [2.24, 2.45) is 4.99 Å². The highest BCUT2D eigenvalue weighted by Gasteiger charge is 2.33. The van der Waals surface area contributed by atoms with Crippen LogP contribution in [-0.2, 0) is 12.7 Å². The summed E-state index contributed by atoms with van der Waals surface area (Å²) in [5.74, 6) is 1.77. The van der Waals surface area contributed by atoms with Gasteiger partial charge in [-0.15, -0.1) is 35.3 Å². The monoisotopic (exact) mass is 508 g/mol. The van der Waals surface area contributed by atoms with Crippen LogP contribution in [-0.4, -0.2) is 34.5 Å². The second-order valence-electron chi connectivity index (χ2n) is 5.55. The number of nitrogens with one attached hydrogen (secondary N) is 2. The van der Waals surface area contributed by atoms with Gasteiger partial charge in [-0.2, -0.15) is 24.9 Å². The van der Waals surface area contributed by atoms with Crippen molar-refractivity contribution in [3.8, 4) is 0 Å². The number of hydrogen-bond acceptors (Lipinski definition) is 4. The molecule has 0 spiro atoms. The minimum atomic E-state index is -4.39. The van der Waals surface area contributed by atoms with Crippen molar-refractivity contribution in [1.29, 1.82) is 0 Å². The van der Waals surface area contributed by atoms with E-state index < -0.39 is 11.9 Å². The molecule has 144 valence electrons. The van der Waals surface area contributed by atoms with Gasteiger partial charge in [0.15, 0.2) is 11.7 Å². The molecule has 0 saturated heterocycles. The molecule has 0 bridgehead atoms. The van der Waals surface area contributed by atoms with Crippen molar-refractivity contribution in [2.45, 2.75) is 57.1 Å². The maximum Gasteiger partial charge on any atom is 0.434 e. The molecular weight excluding hydrogens is 484 g/mol. The summed E-state index contributed by atoms with van der Waals surface area (Å²) >= 11 is 2.97. The normalized spacial score (nSPS) is 21.1. The Morgan fingerprint density at radius 1 is 1.40 bits per heavy atom. The van der Waals surface area contributed by atoms with Crippen molar-refractivity contribution in [2.75, 3.05) is 12.3 Å². The molecule has 1 aliphatic carbocycles. The summed E-state index contributed by atoms with van der Waals surface area (Å²) in [4.78, 5) is 7.99. The molecule has 2 unspecified atom stereocenters. The number of guanidine groups is 1. The molecule has 1 aliphatic rings. The van der Waals surface area contributed by atoms with E-state index in [1.165, 1.54) is 6.42 Å². The third kappa shape index (κ3) is 7.49. The highest BCUT2D eigenvalue weighted by molar-refractivity contribution is 14.0. The lowest BCUT2D eigenvalue weighted by molar-refractivity contribution is -0.140. The van der Waals surface area contributed by atoms with E-state index in [2.05, 4.69) is 27.5 Å². The molecule has 25 heavy (non-hydrogen) atoms. The zero-order valence-corrected chi connectivity index (χ0v) is 18.2. The van der Waals surface area contributed by atoms with Crippen LogP contribution in [0.4, 0.5) is 13.2 Å². The number of rotatable bonds is 6. The number of alkyl halides is 3. The first-order chi connectivity index (χ1) is 11.4. The maximum absolute atomic E-state index is 12.6. The molecule has 1 fully saturated rings. The summed E-state index contributed by atoms with van der Waals surface area (Å²) in [6, 6.07) is 0.369. The van der Waals surface area contributed by atoms with Crippen molar-refractivity contribution in [1.82, 2.24) is 15.6 Å². The Hall–Kier alpha value is -0.230. The number of aromatic nitrogens is 1. The summed E-state index contributed by atoms with van der Waals surface area (Å²) in [6.45, 7) is 4.99. The molecule has 10 heteroatoms. The minimum absolute atomic E-state index is 0. The van der Waals surface area contributed by atoms with Gasteiger partial charge >= 0.3 is 6.18 Å². The van der Waals surface area contributed by atoms with Crippen LogP contribution < -0.4 is 10.6 Å². The molecule has 0 aromatic carbocycles. The number of hydrogen-bond donors (Lipinski definition) is 2. The van der Waals surface area contributed by atoms with Crippen LogP contribution in [0.2, 0.25) is 0 Å². The Morgan fingerprint density at radius 3 is 2.76 bits per heavy atom. The van der Waals surface area contributed by atoms with Gasteiger partial charge < -0.3 is 10.6 Å². The molecular formula is C15H24F3IN4S2. The van der Waals surface area contributed by atoms with Gasteiger partial charge in [-0.1, -0.05) is 6.92 Å². The van der Waals surface area contributed by atoms with Gasteiger partial charge in [0.05, 0.1) is 6.54 Å². The number of thiazole rings is 1. The van der Waals surface area contributed by atoms with Gasteiger partial charge in [-0.25, -0.2) is 9.98 Å². The fraction of sp³-hybridized carbons (Fsp3) is 0.733. The molecule has 2 N–H and O–H groups in total. The number of thioether (sulfide) groups is 1. The van der Waals surface area contributed by atoms with E-state index in [0.717, 1.165) is 35.3 Å². The molecule has 0 radical (unpaired) electrons. The molecule has 1 heterocycles. The lowest BCUT2D eigenvalue weighted by atomic mass is 10.2. The van der Waals surface area contributed by atoms with Crippen molar-refractivity contribution in [3.05, 3.63) is 16.1 Å². The average molecular weight is 508 g/mol. The van der Waals surface area contributed by atoms with E-state index in [-0.39, 0.29) is 30.5 Å². The maximum atomic E-state index is 12.6. The predicted molar refractivity (Wildman–Crippen MR) is 110 cm³/mol. The Morgan fingerprint density at radius 2 is 2.16 bits per heavy atom. The summed E-state index contributed by atoms with van der Waals surface area (Å²) in [7, 11) is 0. The first kappa shape index (κ1) is 22.8. The predicted octanol–water partition coefficient (Wildman–Crippen LogP) is 4.51. The largest absolute Gasteiger partial charge is 0.434 e. The highest BCUT2D eigenvalue weighted by atomic mass is 127. The molecule has 1 aromatic heterocycles. The van der Waals surface area contributed by atoms with E-state index in [4.69, 9.17) is 0 Å². The second-order valence-corrected chi connectivity index (χ2v) is 8.07. The average Bonchev–Trinajstić information content (AvgIpc) is 3.14. The summed E-state index contributed by atoms with van der Waals surface area (Å²) in [5, 5.41) is 8.63. The van der Waals surface area contributed by atoms with Gasteiger partial charge in [0.25, 0.3) is 0 Å². The Labute approximate surface area is 171 Å². The van der Waals surface area contributed by atoms with E-state index in [1.54, 1.807) is 0 Å². The van der Waals surface area contributed by atoms with Gasteiger partial charge in [-0.05, 0) is 31.9 Å². The fourth-order valence-corrected chi connectivity index (χ4v) is 4.50. The van der Waals surface area contributed by atoms with Crippen LogP contribution in [0.25, 0.3) is 0 Å². The molecule has 2 rings (SSSR count). The zero-order chi connectivity index (χ0) is 17.6. The van der Waals surface area contributed by atoms with E-state index >= 15 is 0 Å². The third-order valence-corrected chi connectivity index (χ3v) is 5.75. The van der Waals surface area contributed by atoms with Gasteiger partial charge in [-0.3, -0.25) is 0 Å². The highest BCUT2D eigenvalue weighted by Crippen LogP contribution is 2.31. The van der Waals surface area contributed by atoms with Crippen molar-refractivity contribution in [3.63, 3.8) is 0 Å². The summed E-state index contributed by atoms with van der Waals surface area (Å²) < 4.78 is 37.7. The van der Waals surface area contributed by atoms with E-state index in [1.807, 2.05) is 18.7 Å². The summed E-state index contributed by atoms with van der Waals surface area (Å²) in [6.07, 6.45) is -1.01. The molecule has 0 amide bonds. The first-order valence-electron chi connectivity index (χ1n) is 8.10. The molecule has 2 atom stereocenters. The standard InChI is InChI=1S/C15H23F3N4S2.HI/c1-3-19-14(21-10-5-6-11(7-10)23-4-2)20-8-13-22-12(9-24-13)15(16,17)18;/h9-11H,3-8H2,1-2H3,(H2,19,20,21);1H. The van der Waals surface area contributed by atoms with Crippen molar-refractivity contribution >= 4 is 53.0 Å². The number of aliphatic imine (C=N–C) groups is 1. The van der Waals surface area contributed by atoms with Gasteiger partial charge in [0.1, 0.15) is 5.01 Å². The summed E-state index contributed by atoms with van der Waals surface area (Å²) in [5.41, 5.74) is -0.842. The van der Waals surface area contributed by atoms with Crippen LogP contribution in [0.1, 0.15) is 43.8 Å². The van der Waals surface area contributed by atoms with Crippen LogP contribution in [0, 0.1) is 0 Å². The molecule has 4 nitrogen and oxygen atoms in total. The fourth-order valence-electron chi connectivity index (χ4n) is 2.63. The Kier molecular flexibility index (Phi) is 9.86. The quantitative estimate of drug-likeness (QED) is 0.338. The van der Waals surface area contributed by atoms with Crippen LogP contribution in [0.5, 0.6) is 0 Å². The lowest BCUT2D eigenvalue weighted by Crippen LogP contribution is -2.42. The SMILES string of the molecule is CCNC(=NCc1nc(C(F)(F)F)cs1)NC1CCC(SCC)C1.I. The lowest BCUT2D eigenvalue weighted by Gasteiger charge is -2.17. The number of nitrogens with zero attached hydrogens (tertiary/aromatic N) is 2. The van der Waals surface area contributed by atoms with E-state index in [9.17, 15) is 13.2 Å². The second kappa shape index (κ2) is 10.8. The third-order valence-electron chi connectivity index (χ3n) is 3.69. The minimum Gasteiger partial charge on any atom is -0.357 e. The zero-order valence-electron chi connectivity index (χ0n) is 14.2. The van der Waals surface area contributed by atoms with Crippen LogP contribution >= 0.6 is 47.1 Å². The smallest absolute Gasteiger partial charge is 0.357 e. The van der Waals surface area contributed by atoms with Crippen LogP contribution in [0.3, 0.4) is 0 Å². The number of halogens is 4. The van der Waals surface area contributed by atoms with E-state index in [0.29, 0.717) is 28.8 Å². The Bertz CT molecular complexity index is 551. The van der Waals surface area contributed by atoms with Crippen LogP contribution in [0.15, 0.2) is 10.4 Å². The first-order valence-corrected chi connectivity index (χ1v) is 10.0. The molecule has 1 saturated carbocycles. The van der Waals surface area contributed by atoms with Crippen molar-refractivity contribution < 1.29 is 13.2 Å². The molecule has 1 aromatic rings. The Balaban J connectivity index is 0.00000312. The topological polar surface area (TPSA) is 49.3 Å². The molecule has 0 aliphatic heterocycles.